The maximum absolute atomic E-state index is 14.0. The van der Waals surface area contributed by atoms with Crippen LogP contribution in [-0.4, -0.2) is 60.0 Å². The molecule has 1 fully saturated rings. The van der Waals surface area contributed by atoms with Crippen molar-refractivity contribution in [3.05, 3.63) is 53.3 Å². The minimum atomic E-state index is -1.33. The summed E-state index contributed by atoms with van der Waals surface area (Å²) in [5, 5.41) is 23.9. The van der Waals surface area contributed by atoms with Crippen molar-refractivity contribution in [1.29, 1.82) is 0 Å². The van der Waals surface area contributed by atoms with E-state index >= 15 is 0 Å². The van der Waals surface area contributed by atoms with E-state index in [2.05, 4.69) is 5.32 Å². The van der Waals surface area contributed by atoms with Crippen LogP contribution in [0.2, 0.25) is 0 Å². The molecule has 1 heterocycles. The highest BCUT2D eigenvalue weighted by molar-refractivity contribution is 5.73. The second kappa shape index (κ2) is 10.2. The summed E-state index contributed by atoms with van der Waals surface area (Å²) in [6, 6.07) is 9.89. The average Bonchev–Trinajstić information content (AvgIpc) is 2.73. The van der Waals surface area contributed by atoms with Crippen LogP contribution in [0.15, 0.2) is 36.4 Å². The highest BCUT2D eigenvalue weighted by atomic mass is 19.1. The van der Waals surface area contributed by atoms with E-state index in [4.69, 9.17) is 14.2 Å². The van der Waals surface area contributed by atoms with Crippen LogP contribution in [0, 0.1) is 12.7 Å². The number of halogens is 1. The Morgan fingerprint density at radius 1 is 1.21 bits per heavy atom. The molecule has 8 heteroatoms. The average molecular weight is 462 g/mol. The molecule has 2 aromatic rings. The van der Waals surface area contributed by atoms with Gasteiger partial charge < -0.3 is 29.7 Å². The fourth-order valence-corrected chi connectivity index (χ4v) is 4.21. The summed E-state index contributed by atoms with van der Waals surface area (Å²) in [5.41, 5.74) is 2.16. The second-order valence-corrected chi connectivity index (χ2v) is 8.86. The number of carbonyl (C=O) groups excluding carboxylic acids is 1. The van der Waals surface area contributed by atoms with Crippen LogP contribution in [0.1, 0.15) is 31.9 Å². The molecule has 7 nitrogen and oxygen atoms in total. The van der Waals surface area contributed by atoms with E-state index in [1.807, 2.05) is 13.0 Å². The van der Waals surface area contributed by atoms with Crippen molar-refractivity contribution < 1.29 is 33.6 Å². The number of carbonyl (C=O) groups is 1. The van der Waals surface area contributed by atoms with Gasteiger partial charge in [-0.05, 0) is 67.6 Å². The van der Waals surface area contributed by atoms with Crippen LogP contribution in [0.5, 0.6) is 5.75 Å². The Labute approximate surface area is 193 Å². The Balaban J connectivity index is 1.95. The Hall–Kier alpha value is -2.52. The Bertz CT molecular complexity index is 995. The number of hydrogen-bond acceptors (Lipinski definition) is 6. The van der Waals surface area contributed by atoms with Crippen molar-refractivity contribution in [2.75, 3.05) is 13.7 Å². The lowest BCUT2D eigenvalue weighted by molar-refractivity contribution is -0.306. The number of hydrogen-bond donors (Lipinski definition) is 3. The maximum atomic E-state index is 14.0. The topological polar surface area (TPSA) is 97.3 Å². The highest BCUT2D eigenvalue weighted by Gasteiger charge is 2.50. The second-order valence-electron chi connectivity index (χ2n) is 8.86. The number of amides is 1. The Kier molecular flexibility index (Phi) is 7.74. The first-order valence-electron chi connectivity index (χ1n) is 10.9. The predicted octanol–water partition coefficient (Wildman–Crippen LogP) is 2.73. The first-order chi connectivity index (χ1) is 15.5. The summed E-state index contributed by atoms with van der Waals surface area (Å²) in [5.74, 6) is -0.0664. The first kappa shape index (κ1) is 25.1. The Morgan fingerprint density at radius 3 is 2.58 bits per heavy atom. The molecule has 1 unspecified atom stereocenters. The van der Waals surface area contributed by atoms with Gasteiger partial charge in [-0.15, -0.1) is 0 Å². The summed E-state index contributed by atoms with van der Waals surface area (Å²) in [7, 11) is 1.45. The molecule has 1 saturated heterocycles. The van der Waals surface area contributed by atoms with Crippen LogP contribution in [0.4, 0.5) is 4.39 Å². The SMILES string of the molecule is CO[C@@H]1[C@@H](O)[C@H](O)C(Oc2cc(-c3cccc(F)c3)c(CCNC(C)=O)cc2C)OC1(C)C. The van der Waals surface area contributed by atoms with E-state index < -0.39 is 30.2 Å². The van der Waals surface area contributed by atoms with Crippen LogP contribution in [0.25, 0.3) is 11.1 Å². The molecule has 0 aliphatic carbocycles. The molecule has 1 aliphatic heterocycles. The number of ether oxygens (including phenoxy) is 3. The predicted molar refractivity (Wildman–Crippen MR) is 121 cm³/mol. The number of aliphatic hydroxyl groups is 2. The van der Waals surface area contributed by atoms with Gasteiger partial charge in [-0.1, -0.05) is 18.2 Å². The molecule has 1 amide bonds. The van der Waals surface area contributed by atoms with Crippen LogP contribution in [0.3, 0.4) is 0 Å². The zero-order valence-electron chi connectivity index (χ0n) is 19.6. The molecule has 0 bridgehead atoms. The summed E-state index contributed by atoms with van der Waals surface area (Å²) in [6.45, 7) is 7.24. The summed E-state index contributed by atoms with van der Waals surface area (Å²) in [4.78, 5) is 11.3. The van der Waals surface area contributed by atoms with Crippen molar-refractivity contribution in [2.45, 2.75) is 64.3 Å². The summed E-state index contributed by atoms with van der Waals surface area (Å²) < 4.78 is 31.3. The minimum absolute atomic E-state index is 0.127. The smallest absolute Gasteiger partial charge is 0.229 e. The van der Waals surface area contributed by atoms with Gasteiger partial charge in [0.25, 0.3) is 0 Å². The van der Waals surface area contributed by atoms with Crippen LogP contribution in [-0.2, 0) is 20.7 Å². The number of benzene rings is 2. The van der Waals surface area contributed by atoms with E-state index in [0.29, 0.717) is 24.3 Å². The van der Waals surface area contributed by atoms with E-state index in [1.165, 1.54) is 26.2 Å². The van der Waals surface area contributed by atoms with Gasteiger partial charge >= 0.3 is 0 Å². The number of aliphatic hydroxyl groups excluding tert-OH is 2. The number of methoxy groups -OCH3 is 1. The molecule has 180 valence electrons. The van der Waals surface area contributed by atoms with Gasteiger partial charge in [-0.2, -0.15) is 0 Å². The molecular weight excluding hydrogens is 429 g/mol. The molecule has 3 N–H and O–H groups in total. The molecule has 0 aromatic heterocycles. The Morgan fingerprint density at radius 2 is 1.94 bits per heavy atom. The zero-order chi connectivity index (χ0) is 24.3. The number of nitrogens with one attached hydrogen (secondary N) is 1. The third-order valence-corrected chi connectivity index (χ3v) is 5.85. The van der Waals surface area contributed by atoms with E-state index in [1.54, 1.807) is 32.0 Å². The summed E-state index contributed by atoms with van der Waals surface area (Å²) in [6.07, 6.45) is -3.86. The van der Waals surface area contributed by atoms with Crippen molar-refractivity contribution >= 4 is 5.91 Å². The van der Waals surface area contributed by atoms with E-state index in [9.17, 15) is 19.4 Å². The highest BCUT2D eigenvalue weighted by Crippen LogP contribution is 2.36. The lowest BCUT2D eigenvalue weighted by Gasteiger charge is -2.46. The molecule has 0 radical (unpaired) electrons. The van der Waals surface area contributed by atoms with Crippen LogP contribution >= 0.6 is 0 Å². The molecular formula is C25H32FNO6. The molecule has 0 saturated carbocycles. The summed E-state index contributed by atoms with van der Waals surface area (Å²) >= 11 is 0. The molecule has 1 aliphatic rings. The third kappa shape index (κ3) is 5.70. The zero-order valence-corrected chi connectivity index (χ0v) is 19.6. The minimum Gasteiger partial charge on any atom is -0.462 e. The van der Waals surface area contributed by atoms with Gasteiger partial charge in [0.05, 0.1) is 5.60 Å². The molecule has 3 rings (SSSR count). The van der Waals surface area contributed by atoms with Gasteiger partial charge in [0.1, 0.15) is 29.9 Å². The van der Waals surface area contributed by atoms with Crippen molar-refractivity contribution in [3.63, 3.8) is 0 Å². The van der Waals surface area contributed by atoms with Gasteiger partial charge in [0.15, 0.2) is 0 Å². The van der Waals surface area contributed by atoms with Gasteiger partial charge in [0.2, 0.25) is 12.2 Å². The van der Waals surface area contributed by atoms with Gasteiger partial charge in [-0.25, -0.2) is 4.39 Å². The maximum Gasteiger partial charge on any atom is 0.229 e. The van der Waals surface area contributed by atoms with E-state index in [-0.39, 0.29) is 11.7 Å². The number of rotatable bonds is 7. The normalized spacial score (nSPS) is 24.4. The lowest BCUT2D eigenvalue weighted by Crippen LogP contribution is -2.63. The molecule has 33 heavy (non-hydrogen) atoms. The monoisotopic (exact) mass is 461 g/mol. The fourth-order valence-electron chi connectivity index (χ4n) is 4.21. The van der Waals surface area contributed by atoms with Crippen LogP contribution < -0.4 is 10.1 Å². The third-order valence-electron chi connectivity index (χ3n) is 5.85. The van der Waals surface area contributed by atoms with Gasteiger partial charge in [-0.3, -0.25) is 4.79 Å². The van der Waals surface area contributed by atoms with E-state index in [0.717, 1.165) is 16.7 Å². The first-order valence-corrected chi connectivity index (χ1v) is 10.9. The standard InChI is InChI=1S/C25H32FNO6/c1-14-11-17(9-10-27-15(2)28)19(16-7-6-8-18(26)12-16)13-20(14)32-24-22(30)21(29)23(31-5)25(3,4)33-24/h6-8,11-13,21-24,29-30H,9-10H2,1-5H3,(H,27,28)/t21-,22-,23+,24?/m0/s1. The van der Waals surface area contributed by atoms with Crippen molar-refractivity contribution in [2.24, 2.45) is 0 Å². The van der Waals surface area contributed by atoms with Crippen molar-refractivity contribution in [3.8, 4) is 16.9 Å². The number of aryl methyl sites for hydroxylation is 1. The molecule has 0 spiro atoms. The lowest BCUT2D eigenvalue weighted by atomic mass is 9.89. The molecule has 4 atom stereocenters. The van der Waals surface area contributed by atoms with Gasteiger partial charge in [0, 0.05) is 20.6 Å². The largest absolute Gasteiger partial charge is 0.462 e. The fraction of sp³-hybridized carbons (Fsp3) is 0.480. The van der Waals surface area contributed by atoms with Crippen molar-refractivity contribution in [1.82, 2.24) is 5.32 Å². The quantitative estimate of drug-likeness (QED) is 0.587. The molecule has 2 aromatic carbocycles.